The summed E-state index contributed by atoms with van der Waals surface area (Å²) in [6, 6.07) is 0. The summed E-state index contributed by atoms with van der Waals surface area (Å²) in [6.45, 7) is 13.0. The monoisotopic (exact) mass is 243 g/mol. The molecule has 0 rings (SSSR count). The summed E-state index contributed by atoms with van der Waals surface area (Å²) >= 11 is 0. The standard InChI is InChI=1S/C14H29NO2/c1-6-12(13(16)17-7-2)8-10-15-11-9-14(3,4)5/h12,15H,6-11H2,1-5H3. The minimum absolute atomic E-state index is 0.0485. The third kappa shape index (κ3) is 9.16. The van der Waals surface area contributed by atoms with Crippen LogP contribution in [0.4, 0.5) is 0 Å². The van der Waals surface area contributed by atoms with Crippen molar-refractivity contribution in [3.8, 4) is 0 Å². The van der Waals surface area contributed by atoms with Gasteiger partial charge in [-0.05, 0) is 44.7 Å². The van der Waals surface area contributed by atoms with Crippen LogP contribution in [0.3, 0.4) is 0 Å². The largest absolute Gasteiger partial charge is 0.466 e. The molecule has 0 spiro atoms. The molecular formula is C14H29NO2. The maximum Gasteiger partial charge on any atom is 0.308 e. The van der Waals surface area contributed by atoms with Crippen molar-refractivity contribution in [3.05, 3.63) is 0 Å². The molecular weight excluding hydrogens is 214 g/mol. The van der Waals surface area contributed by atoms with Gasteiger partial charge in [-0.1, -0.05) is 27.7 Å². The van der Waals surface area contributed by atoms with Crippen LogP contribution in [0.25, 0.3) is 0 Å². The van der Waals surface area contributed by atoms with Crippen molar-refractivity contribution >= 4 is 5.97 Å². The van der Waals surface area contributed by atoms with Crippen LogP contribution in [0.5, 0.6) is 0 Å². The second kappa shape index (κ2) is 8.51. The lowest BCUT2D eigenvalue weighted by molar-refractivity contribution is -0.148. The molecule has 0 radical (unpaired) electrons. The van der Waals surface area contributed by atoms with Gasteiger partial charge in [0.1, 0.15) is 0 Å². The fourth-order valence-electron chi connectivity index (χ4n) is 1.61. The number of nitrogens with one attached hydrogen (secondary N) is 1. The molecule has 3 nitrogen and oxygen atoms in total. The Bertz CT molecular complexity index is 209. The van der Waals surface area contributed by atoms with Crippen LogP contribution in [0.15, 0.2) is 0 Å². The van der Waals surface area contributed by atoms with Gasteiger partial charge in [-0.15, -0.1) is 0 Å². The minimum atomic E-state index is -0.0485. The second-order valence-corrected chi connectivity index (χ2v) is 5.71. The van der Waals surface area contributed by atoms with Crippen molar-refractivity contribution in [1.82, 2.24) is 5.32 Å². The van der Waals surface area contributed by atoms with E-state index in [-0.39, 0.29) is 11.9 Å². The third-order valence-electron chi connectivity index (χ3n) is 2.83. The van der Waals surface area contributed by atoms with E-state index in [1.807, 2.05) is 13.8 Å². The third-order valence-corrected chi connectivity index (χ3v) is 2.83. The van der Waals surface area contributed by atoms with Crippen LogP contribution in [0.1, 0.15) is 53.9 Å². The number of hydrogen-bond acceptors (Lipinski definition) is 3. The van der Waals surface area contributed by atoms with Gasteiger partial charge in [0.05, 0.1) is 12.5 Å². The molecule has 0 aromatic rings. The molecule has 0 bridgehead atoms. The Balaban J connectivity index is 3.67. The fraction of sp³-hybridized carbons (Fsp3) is 0.929. The molecule has 1 atom stereocenters. The van der Waals surface area contributed by atoms with Crippen molar-refractivity contribution < 1.29 is 9.53 Å². The van der Waals surface area contributed by atoms with E-state index in [2.05, 4.69) is 26.1 Å². The average Bonchev–Trinajstić information content (AvgIpc) is 2.22. The molecule has 0 saturated heterocycles. The molecule has 1 unspecified atom stereocenters. The van der Waals surface area contributed by atoms with Gasteiger partial charge in [0, 0.05) is 0 Å². The molecule has 102 valence electrons. The van der Waals surface area contributed by atoms with Gasteiger partial charge < -0.3 is 10.1 Å². The molecule has 0 aliphatic heterocycles. The second-order valence-electron chi connectivity index (χ2n) is 5.71. The van der Waals surface area contributed by atoms with Gasteiger partial charge in [0.25, 0.3) is 0 Å². The Morgan fingerprint density at radius 3 is 2.35 bits per heavy atom. The highest BCUT2D eigenvalue weighted by Gasteiger charge is 2.17. The molecule has 0 aromatic heterocycles. The van der Waals surface area contributed by atoms with Crippen LogP contribution in [0.2, 0.25) is 0 Å². The predicted octanol–water partition coefficient (Wildman–Crippen LogP) is 2.99. The van der Waals surface area contributed by atoms with Crippen molar-refractivity contribution in [2.75, 3.05) is 19.7 Å². The molecule has 0 fully saturated rings. The normalized spacial score (nSPS) is 13.5. The lowest BCUT2D eigenvalue weighted by Gasteiger charge is -2.19. The minimum Gasteiger partial charge on any atom is -0.466 e. The van der Waals surface area contributed by atoms with Crippen LogP contribution in [-0.2, 0) is 9.53 Å². The highest BCUT2D eigenvalue weighted by Crippen LogP contribution is 2.17. The molecule has 0 amide bonds. The molecule has 0 aromatic carbocycles. The maximum atomic E-state index is 11.5. The van der Waals surface area contributed by atoms with E-state index in [1.165, 1.54) is 0 Å². The molecule has 17 heavy (non-hydrogen) atoms. The summed E-state index contributed by atoms with van der Waals surface area (Å²) in [7, 11) is 0. The van der Waals surface area contributed by atoms with Gasteiger partial charge >= 0.3 is 5.97 Å². The quantitative estimate of drug-likeness (QED) is 0.526. The van der Waals surface area contributed by atoms with Crippen molar-refractivity contribution in [3.63, 3.8) is 0 Å². The topological polar surface area (TPSA) is 38.3 Å². The number of ether oxygens (including phenoxy) is 1. The highest BCUT2D eigenvalue weighted by atomic mass is 16.5. The van der Waals surface area contributed by atoms with Crippen LogP contribution in [-0.4, -0.2) is 25.7 Å². The van der Waals surface area contributed by atoms with E-state index in [9.17, 15) is 4.79 Å². The Labute approximate surface area is 106 Å². The van der Waals surface area contributed by atoms with Crippen LogP contribution < -0.4 is 5.32 Å². The Hall–Kier alpha value is -0.570. The number of carbonyl (C=O) groups excluding carboxylic acids is 1. The predicted molar refractivity (Wildman–Crippen MR) is 72.0 cm³/mol. The number of rotatable bonds is 8. The van der Waals surface area contributed by atoms with E-state index < -0.39 is 0 Å². The summed E-state index contributed by atoms with van der Waals surface area (Å²) in [4.78, 5) is 11.5. The summed E-state index contributed by atoms with van der Waals surface area (Å²) < 4.78 is 5.04. The zero-order chi connectivity index (χ0) is 13.3. The van der Waals surface area contributed by atoms with Gasteiger partial charge in [-0.25, -0.2) is 0 Å². The maximum absolute atomic E-state index is 11.5. The van der Waals surface area contributed by atoms with E-state index >= 15 is 0 Å². The molecule has 1 N–H and O–H groups in total. The van der Waals surface area contributed by atoms with Crippen molar-refractivity contribution in [1.29, 1.82) is 0 Å². The van der Waals surface area contributed by atoms with E-state index in [0.29, 0.717) is 12.0 Å². The van der Waals surface area contributed by atoms with Crippen molar-refractivity contribution in [2.45, 2.75) is 53.9 Å². The Morgan fingerprint density at radius 1 is 1.24 bits per heavy atom. The van der Waals surface area contributed by atoms with E-state index in [4.69, 9.17) is 4.74 Å². The average molecular weight is 243 g/mol. The molecule has 3 heteroatoms. The lowest BCUT2D eigenvalue weighted by atomic mass is 9.92. The van der Waals surface area contributed by atoms with Crippen molar-refractivity contribution in [2.24, 2.45) is 11.3 Å². The summed E-state index contributed by atoms with van der Waals surface area (Å²) in [5.41, 5.74) is 0.373. The molecule has 0 aliphatic carbocycles. The highest BCUT2D eigenvalue weighted by molar-refractivity contribution is 5.72. The van der Waals surface area contributed by atoms with E-state index in [1.54, 1.807) is 0 Å². The number of carbonyl (C=O) groups is 1. The number of hydrogen-bond donors (Lipinski definition) is 1. The van der Waals surface area contributed by atoms with Gasteiger partial charge in [0.15, 0.2) is 0 Å². The summed E-state index contributed by atoms with van der Waals surface area (Å²) in [6.07, 6.45) is 2.89. The van der Waals surface area contributed by atoms with E-state index in [0.717, 1.165) is 32.4 Å². The zero-order valence-corrected chi connectivity index (χ0v) is 12.1. The first kappa shape index (κ1) is 16.4. The van der Waals surface area contributed by atoms with Gasteiger partial charge in [0.2, 0.25) is 0 Å². The first-order valence-electron chi connectivity index (χ1n) is 6.78. The Morgan fingerprint density at radius 2 is 1.88 bits per heavy atom. The lowest BCUT2D eigenvalue weighted by Crippen LogP contribution is -2.26. The summed E-state index contributed by atoms with van der Waals surface area (Å²) in [5, 5.41) is 3.40. The fourth-order valence-corrected chi connectivity index (χ4v) is 1.61. The molecule has 0 saturated carbocycles. The zero-order valence-electron chi connectivity index (χ0n) is 12.1. The molecule has 0 heterocycles. The number of esters is 1. The smallest absolute Gasteiger partial charge is 0.308 e. The first-order valence-corrected chi connectivity index (χ1v) is 6.78. The molecule has 0 aliphatic rings. The summed E-state index contributed by atoms with van der Waals surface area (Å²) in [5.74, 6) is 0.00436. The first-order chi connectivity index (χ1) is 7.90. The van der Waals surface area contributed by atoms with Gasteiger partial charge in [-0.2, -0.15) is 0 Å². The van der Waals surface area contributed by atoms with Crippen LogP contribution >= 0.6 is 0 Å². The van der Waals surface area contributed by atoms with Crippen LogP contribution in [0, 0.1) is 11.3 Å². The SMILES string of the molecule is CCOC(=O)C(CC)CCNCCC(C)(C)C. The van der Waals surface area contributed by atoms with Gasteiger partial charge in [-0.3, -0.25) is 4.79 Å². The Kier molecular flexibility index (Phi) is 8.23.